The number of benzene rings is 1. The van der Waals surface area contributed by atoms with E-state index in [4.69, 9.17) is 4.74 Å². The Kier molecular flexibility index (Phi) is 2.26. The highest BCUT2D eigenvalue weighted by atomic mass is 16.6. The zero-order valence-electron chi connectivity index (χ0n) is 9.93. The van der Waals surface area contributed by atoms with E-state index in [1.807, 2.05) is 24.3 Å². The molecule has 1 spiro atoms. The number of methoxy groups -OCH3 is 1. The number of esters is 1. The topological polar surface area (TPSA) is 52.6 Å². The molecule has 1 aromatic rings. The van der Waals surface area contributed by atoms with Gasteiger partial charge in [-0.05, 0) is 12.0 Å². The molecule has 0 radical (unpaired) electrons. The summed E-state index contributed by atoms with van der Waals surface area (Å²) in [6.07, 6.45) is 2.60. The average molecular weight is 244 g/mol. The third-order valence-electron chi connectivity index (χ3n) is 3.53. The normalized spacial score (nSPS) is 24.7. The first kappa shape index (κ1) is 11.0. The van der Waals surface area contributed by atoms with Gasteiger partial charge in [-0.1, -0.05) is 24.3 Å². The highest BCUT2D eigenvalue weighted by Crippen LogP contribution is 2.45. The molecule has 0 amide bonds. The van der Waals surface area contributed by atoms with Crippen LogP contribution in [0.25, 0.3) is 0 Å². The van der Waals surface area contributed by atoms with Gasteiger partial charge in [0.05, 0.1) is 7.11 Å². The van der Waals surface area contributed by atoms with Gasteiger partial charge in [0, 0.05) is 18.1 Å². The van der Waals surface area contributed by atoms with E-state index in [0.717, 1.165) is 17.5 Å². The predicted molar refractivity (Wildman–Crippen MR) is 62.6 cm³/mol. The number of hydrogen-bond acceptors (Lipinski definition) is 4. The summed E-state index contributed by atoms with van der Waals surface area (Å²) >= 11 is 0. The third kappa shape index (κ3) is 1.32. The summed E-state index contributed by atoms with van der Waals surface area (Å²) < 4.78 is 10.2. The molecule has 1 aliphatic heterocycles. The van der Waals surface area contributed by atoms with E-state index in [1.54, 1.807) is 0 Å². The van der Waals surface area contributed by atoms with Crippen LogP contribution in [-0.4, -0.2) is 18.9 Å². The summed E-state index contributed by atoms with van der Waals surface area (Å²) in [5.41, 5.74) is 0.968. The molecule has 0 N–H and O–H groups in total. The molecule has 1 aromatic carbocycles. The van der Waals surface area contributed by atoms with Gasteiger partial charge in [0.1, 0.15) is 0 Å². The average Bonchev–Trinajstić information content (AvgIpc) is 2.93. The van der Waals surface area contributed by atoms with Crippen LogP contribution >= 0.6 is 0 Å². The van der Waals surface area contributed by atoms with E-state index in [0.29, 0.717) is 6.42 Å². The van der Waals surface area contributed by atoms with Crippen molar-refractivity contribution in [1.29, 1.82) is 0 Å². The number of aryl methyl sites for hydroxylation is 1. The molecule has 4 nitrogen and oxygen atoms in total. The van der Waals surface area contributed by atoms with Crippen molar-refractivity contribution in [3.8, 4) is 0 Å². The molecule has 4 heteroatoms. The van der Waals surface area contributed by atoms with E-state index in [-0.39, 0.29) is 11.5 Å². The fraction of sp³-hybridized carbons (Fsp3) is 0.286. The second-order valence-corrected chi connectivity index (χ2v) is 4.45. The zero-order chi connectivity index (χ0) is 12.8. The minimum atomic E-state index is -1.000. The fourth-order valence-corrected chi connectivity index (χ4v) is 2.64. The Labute approximate surface area is 104 Å². The Balaban J connectivity index is 2.02. The molecule has 0 saturated carbocycles. The molecular formula is C14H12O4. The van der Waals surface area contributed by atoms with Crippen molar-refractivity contribution < 1.29 is 19.1 Å². The number of hydrogen-bond donors (Lipinski definition) is 0. The molecule has 18 heavy (non-hydrogen) atoms. The van der Waals surface area contributed by atoms with Crippen molar-refractivity contribution in [3.05, 3.63) is 47.2 Å². The molecule has 92 valence electrons. The van der Waals surface area contributed by atoms with Gasteiger partial charge in [-0.2, -0.15) is 0 Å². The number of carbonyl (C=O) groups excluding carboxylic acids is 2. The van der Waals surface area contributed by atoms with Gasteiger partial charge in [-0.15, -0.1) is 0 Å². The van der Waals surface area contributed by atoms with Crippen LogP contribution in [0, 0.1) is 0 Å². The predicted octanol–water partition coefficient (Wildman–Crippen LogP) is 1.48. The van der Waals surface area contributed by atoms with Crippen molar-refractivity contribution in [2.75, 3.05) is 7.11 Å². The lowest BCUT2D eigenvalue weighted by Crippen LogP contribution is -2.31. The van der Waals surface area contributed by atoms with Crippen molar-refractivity contribution in [2.24, 2.45) is 0 Å². The summed E-state index contributed by atoms with van der Waals surface area (Å²) in [5, 5.41) is 0. The van der Waals surface area contributed by atoms with E-state index in [9.17, 15) is 9.59 Å². The van der Waals surface area contributed by atoms with Crippen LogP contribution in [0.5, 0.6) is 0 Å². The first-order chi connectivity index (χ1) is 8.67. The smallest absolute Gasteiger partial charge is 0.373 e. The summed E-state index contributed by atoms with van der Waals surface area (Å²) in [6, 6.07) is 7.68. The Hall–Kier alpha value is -2.10. The van der Waals surface area contributed by atoms with E-state index < -0.39 is 11.6 Å². The molecule has 0 aromatic heterocycles. The maximum atomic E-state index is 12.2. The zero-order valence-corrected chi connectivity index (χ0v) is 9.93. The van der Waals surface area contributed by atoms with Gasteiger partial charge in [0.15, 0.2) is 5.60 Å². The minimum absolute atomic E-state index is 0.000738. The third-order valence-corrected chi connectivity index (χ3v) is 3.53. The SMILES string of the molecule is COC(=O)C1=CC(=O)C2(CCc3ccccc32)O1. The van der Waals surface area contributed by atoms with Crippen LogP contribution < -0.4 is 0 Å². The standard InChI is InChI=1S/C14H12O4/c1-17-13(16)11-8-12(15)14(18-11)7-6-9-4-2-3-5-10(9)14/h2-5,8H,6-7H2,1H3. The Morgan fingerprint density at radius 3 is 2.94 bits per heavy atom. The number of ether oxygens (including phenoxy) is 2. The highest BCUT2D eigenvalue weighted by molar-refractivity contribution is 6.06. The molecule has 1 unspecified atom stereocenters. The molecule has 1 aliphatic carbocycles. The van der Waals surface area contributed by atoms with Crippen LogP contribution in [-0.2, 0) is 31.1 Å². The molecule has 0 fully saturated rings. The number of fused-ring (bicyclic) bond motifs is 2. The summed E-state index contributed by atoms with van der Waals surface area (Å²) in [5.74, 6) is -0.781. The van der Waals surface area contributed by atoms with Crippen molar-refractivity contribution in [2.45, 2.75) is 18.4 Å². The first-order valence-corrected chi connectivity index (χ1v) is 5.79. The van der Waals surface area contributed by atoms with E-state index >= 15 is 0 Å². The summed E-state index contributed by atoms with van der Waals surface area (Å²) in [4.78, 5) is 23.6. The van der Waals surface area contributed by atoms with Gasteiger partial charge in [0.2, 0.25) is 11.5 Å². The van der Waals surface area contributed by atoms with Gasteiger partial charge in [0.25, 0.3) is 0 Å². The molecule has 3 rings (SSSR count). The maximum Gasteiger partial charge on any atom is 0.373 e. The van der Waals surface area contributed by atoms with Gasteiger partial charge in [-0.25, -0.2) is 4.79 Å². The second kappa shape index (κ2) is 3.70. The Morgan fingerprint density at radius 2 is 2.17 bits per heavy atom. The molecule has 2 aliphatic rings. The maximum absolute atomic E-state index is 12.2. The summed E-state index contributed by atoms with van der Waals surface area (Å²) in [7, 11) is 1.27. The van der Waals surface area contributed by atoms with Crippen LogP contribution in [0.3, 0.4) is 0 Å². The van der Waals surface area contributed by atoms with E-state index in [1.165, 1.54) is 13.2 Å². The lowest BCUT2D eigenvalue weighted by Gasteiger charge is -2.23. The van der Waals surface area contributed by atoms with Crippen LogP contribution in [0.4, 0.5) is 0 Å². The Morgan fingerprint density at radius 1 is 1.39 bits per heavy atom. The van der Waals surface area contributed by atoms with Gasteiger partial charge < -0.3 is 9.47 Å². The Bertz CT molecular complexity index is 573. The minimum Gasteiger partial charge on any atom is -0.467 e. The fourth-order valence-electron chi connectivity index (χ4n) is 2.64. The molecule has 1 atom stereocenters. The quantitative estimate of drug-likeness (QED) is 0.702. The largest absolute Gasteiger partial charge is 0.467 e. The van der Waals surface area contributed by atoms with Crippen LogP contribution in [0.15, 0.2) is 36.1 Å². The first-order valence-electron chi connectivity index (χ1n) is 5.79. The highest BCUT2D eigenvalue weighted by Gasteiger charge is 2.51. The number of carbonyl (C=O) groups is 2. The van der Waals surface area contributed by atoms with Crippen LogP contribution in [0.2, 0.25) is 0 Å². The van der Waals surface area contributed by atoms with Crippen molar-refractivity contribution in [3.63, 3.8) is 0 Å². The van der Waals surface area contributed by atoms with E-state index in [2.05, 4.69) is 4.74 Å². The monoisotopic (exact) mass is 244 g/mol. The lowest BCUT2D eigenvalue weighted by atomic mass is 9.92. The van der Waals surface area contributed by atoms with Crippen molar-refractivity contribution >= 4 is 11.8 Å². The number of rotatable bonds is 1. The number of ketones is 1. The lowest BCUT2D eigenvalue weighted by molar-refractivity contribution is -0.144. The summed E-state index contributed by atoms with van der Waals surface area (Å²) in [6.45, 7) is 0. The van der Waals surface area contributed by atoms with Gasteiger partial charge >= 0.3 is 5.97 Å². The molecular weight excluding hydrogens is 232 g/mol. The molecule has 0 bridgehead atoms. The molecule has 0 saturated heterocycles. The molecule has 1 heterocycles. The second-order valence-electron chi connectivity index (χ2n) is 4.45. The van der Waals surface area contributed by atoms with Crippen molar-refractivity contribution in [1.82, 2.24) is 0 Å². The van der Waals surface area contributed by atoms with Gasteiger partial charge in [-0.3, -0.25) is 4.79 Å². The van der Waals surface area contributed by atoms with Crippen LogP contribution in [0.1, 0.15) is 17.5 Å².